The normalized spacial score (nSPS) is 16.3. The van der Waals surface area contributed by atoms with Crippen LogP contribution in [-0.4, -0.2) is 48.9 Å². The van der Waals surface area contributed by atoms with Gasteiger partial charge in [0.05, 0.1) is 19.1 Å². The molecule has 0 spiro atoms. The number of thioether (sulfide) groups is 1. The van der Waals surface area contributed by atoms with Gasteiger partial charge in [-0.2, -0.15) is 0 Å². The van der Waals surface area contributed by atoms with Crippen molar-refractivity contribution in [1.82, 2.24) is 4.90 Å². The van der Waals surface area contributed by atoms with Crippen molar-refractivity contribution in [2.75, 3.05) is 20.8 Å². The van der Waals surface area contributed by atoms with Crippen molar-refractivity contribution in [1.29, 1.82) is 0 Å². The molecule has 2 rings (SSSR count). The zero-order valence-electron chi connectivity index (χ0n) is 14.8. The molecule has 0 unspecified atom stereocenters. The summed E-state index contributed by atoms with van der Waals surface area (Å²) in [6, 6.07) is 2.29. The summed E-state index contributed by atoms with van der Waals surface area (Å²) in [7, 11) is 2.67. The number of benzene rings is 1. The highest BCUT2D eigenvalue weighted by Crippen LogP contribution is 2.38. The largest absolute Gasteiger partial charge is 0.493 e. The minimum absolute atomic E-state index is 0.0758. The number of amides is 2. The van der Waals surface area contributed by atoms with Gasteiger partial charge in [0.25, 0.3) is 11.1 Å². The Labute approximate surface area is 169 Å². The molecule has 0 radical (unpaired) electrons. The fraction of sp³-hybridized carbons (Fsp3) is 0.278. The number of methoxy groups -OCH3 is 2. The molecule has 1 aliphatic rings. The van der Waals surface area contributed by atoms with E-state index >= 15 is 0 Å². The number of esters is 1. The van der Waals surface area contributed by atoms with Crippen LogP contribution in [-0.2, 0) is 14.3 Å². The summed E-state index contributed by atoms with van der Waals surface area (Å²) in [6.07, 6.45) is 6.73. The van der Waals surface area contributed by atoms with E-state index in [2.05, 4.69) is 26.6 Å². The van der Waals surface area contributed by atoms with Crippen molar-refractivity contribution in [3.63, 3.8) is 0 Å². The standard InChI is InChI=1S/C18H16BrNO6S/c1-5-6-26-14-9-12(19)11(7-13(14)24-3)8-15-16(21)20(18(23)27-15)10(2)17(22)25-4/h1,7-10H,6H2,2-4H3/b15-8+/t10-/m0/s1. The lowest BCUT2D eigenvalue weighted by molar-refractivity contribution is -0.148. The summed E-state index contributed by atoms with van der Waals surface area (Å²) in [4.78, 5) is 37.5. The Morgan fingerprint density at radius 3 is 2.67 bits per heavy atom. The van der Waals surface area contributed by atoms with E-state index in [1.165, 1.54) is 27.2 Å². The number of nitrogens with zero attached hydrogens (tertiary/aromatic N) is 1. The molecule has 1 atom stereocenters. The third-order valence-electron chi connectivity index (χ3n) is 3.63. The number of rotatable bonds is 6. The van der Waals surface area contributed by atoms with Gasteiger partial charge in [0, 0.05) is 4.47 Å². The third-order valence-corrected chi connectivity index (χ3v) is 5.20. The first kappa shape index (κ1) is 20.9. The Hall–Kier alpha value is -2.44. The summed E-state index contributed by atoms with van der Waals surface area (Å²) >= 11 is 4.14. The molecule has 0 N–H and O–H groups in total. The molecule has 27 heavy (non-hydrogen) atoms. The smallest absolute Gasteiger partial charge is 0.328 e. The van der Waals surface area contributed by atoms with Crippen LogP contribution in [0.3, 0.4) is 0 Å². The number of carbonyl (C=O) groups excluding carboxylic acids is 3. The molecular formula is C18H16BrNO6S. The maximum absolute atomic E-state index is 12.6. The summed E-state index contributed by atoms with van der Waals surface area (Å²) in [5.41, 5.74) is 0.594. The molecule has 2 amide bonds. The Morgan fingerprint density at radius 1 is 1.37 bits per heavy atom. The van der Waals surface area contributed by atoms with Crippen LogP contribution in [0.1, 0.15) is 12.5 Å². The number of hydrogen-bond acceptors (Lipinski definition) is 7. The Bertz CT molecular complexity index is 860. The SMILES string of the molecule is C#CCOc1cc(Br)c(/C=C2/SC(=O)N([C@@H](C)C(=O)OC)C2=O)cc1OC. The fourth-order valence-corrected chi connectivity index (χ4v) is 3.62. The molecule has 0 aliphatic carbocycles. The van der Waals surface area contributed by atoms with Crippen molar-refractivity contribution >= 4 is 50.9 Å². The average molecular weight is 454 g/mol. The van der Waals surface area contributed by atoms with Gasteiger partial charge in [-0.05, 0) is 42.5 Å². The van der Waals surface area contributed by atoms with Crippen LogP contribution in [0.4, 0.5) is 4.79 Å². The van der Waals surface area contributed by atoms with Crippen LogP contribution in [0, 0.1) is 12.3 Å². The third kappa shape index (κ3) is 4.46. The molecule has 0 aromatic heterocycles. The van der Waals surface area contributed by atoms with Gasteiger partial charge in [-0.1, -0.05) is 21.9 Å². The van der Waals surface area contributed by atoms with E-state index in [-0.39, 0.29) is 11.5 Å². The number of terminal acetylenes is 1. The van der Waals surface area contributed by atoms with Gasteiger partial charge in [-0.15, -0.1) is 6.42 Å². The van der Waals surface area contributed by atoms with Crippen LogP contribution in [0.5, 0.6) is 11.5 Å². The number of carbonyl (C=O) groups is 3. The molecule has 1 aliphatic heterocycles. The zero-order valence-corrected chi connectivity index (χ0v) is 17.2. The average Bonchev–Trinajstić information content (AvgIpc) is 2.93. The van der Waals surface area contributed by atoms with Crippen LogP contribution >= 0.6 is 27.7 Å². The summed E-state index contributed by atoms with van der Waals surface area (Å²) in [5, 5.41) is -0.541. The van der Waals surface area contributed by atoms with Crippen LogP contribution in [0.15, 0.2) is 21.5 Å². The first-order valence-corrected chi connectivity index (χ1v) is 9.23. The van der Waals surface area contributed by atoms with Crippen LogP contribution < -0.4 is 9.47 Å². The molecule has 142 valence electrons. The molecule has 0 saturated carbocycles. The van der Waals surface area contributed by atoms with Gasteiger partial charge in [-0.3, -0.25) is 14.5 Å². The Balaban J connectivity index is 2.36. The molecule has 0 bridgehead atoms. The lowest BCUT2D eigenvalue weighted by atomic mass is 10.1. The quantitative estimate of drug-likeness (QED) is 0.371. The molecule has 9 heteroatoms. The molecule has 1 heterocycles. The second-order valence-electron chi connectivity index (χ2n) is 5.27. The first-order valence-electron chi connectivity index (χ1n) is 7.62. The van der Waals surface area contributed by atoms with Crippen molar-refractivity contribution in [2.45, 2.75) is 13.0 Å². The van der Waals surface area contributed by atoms with Gasteiger partial charge in [0.1, 0.15) is 12.6 Å². The van der Waals surface area contributed by atoms with Crippen molar-refractivity contribution in [2.24, 2.45) is 0 Å². The number of halogens is 1. The summed E-state index contributed by atoms with van der Waals surface area (Å²) in [5.74, 6) is 1.98. The summed E-state index contributed by atoms with van der Waals surface area (Å²) < 4.78 is 15.9. The molecule has 1 aromatic rings. The molecule has 7 nitrogen and oxygen atoms in total. The minimum atomic E-state index is -1.01. The van der Waals surface area contributed by atoms with Crippen LogP contribution in [0.2, 0.25) is 0 Å². The van der Waals surface area contributed by atoms with Crippen molar-refractivity contribution in [3.8, 4) is 23.8 Å². The van der Waals surface area contributed by atoms with Crippen LogP contribution in [0.25, 0.3) is 6.08 Å². The van der Waals surface area contributed by atoms with Gasteiger partial charge in [-0.25, -0.2) is 4.79 Å². The van der Waals surface area contributed by atoms with Gasteiger partial charge >= 0.3 is 5.97 Å². The minimum Gasteiger partial charge on any atom is -0.493 e. The number of imide groups is 1. The second kappa shape index (κ2) is 8.97. The highest BCUT2D eigenvalue weighted by Gasteiger charge is 2.41. The molecule has 1 aromatic carbocycles. The maximum Gasteiger partial charge on any atom is 0.328 e. The van der Waals surface area contributed by atoms with Gasteiger partial charge < -0.3 is 14.2 Å². The number of hydrogen-bond donors (Lipinski definition) is 0. The summed E-state index contributed by atoms with van der Waals surface area (Å²) in [6.45, 7) is 1.51. The second-order valence-corrected chi connectivity index (χ2v) is 7.12. The van der Waals surface area contributed by atoms with Gasteiger partial charge in [0.2, 0.25) is 0 Å². The van der Waals surface area contributed by atoms with E-state index in [0.29, 0.717) is 21.5 Å². The predicted octanol–water partition coefficient (Wildman–Crippen LogP) is 3.07. The van der Waals surface area contributed by atoms with E-state index in [9.17, 15) is 14.4 Å². The van der Waals surface area contributed by atoms with E-state index in [1.807, 2.05) is 0 Å². The molecular weight excluding hydrogens is 438 g/mol. The Morgan fingerprint density at radius 2 is 2.07 bits per heavy atom. The first-order chi connectivity index (χ1) is 12.8. The van der Waals surface area contributed by atoms with E-state index < -0.39 is 23.2 Å². The maximum atomic E-state index is 12.6. The molecule has 1 fully saturated rings. The fourth-order valence-electron chi connectivity index (χ4n) is 2.28. The topological polar surface area (TPSA) is 82.1 Å². The van der Waals surface area contributed by atoms with Gasteiger partial charge in [0.15, 0.2) is 11.5 Å². The van der Waals surface area contributed by atoms with E-state index in [4.69, 9.17) is 15.9 Å². The number of ether oxygens (including phenoxy) is 3. The predicted molar refractivity (Wildman–Crippen MR) is 104 cm³/mol. The highest BCUT2D eigenvalue weighted by molar-refractivity contribution is 9.10. The lowest BCUT2D eigenvalue weighted by Gasteiger charge is -2.18. The Kier molecular flexibility index (Phi) is 6.93. The zero-order chi connectivity index (χ0) is 20.1. The molecule has 1 saturated heterocycles. The monoisotopic (exact) mass is 453 g/mol. The highest BCUT2D eigenvalue weighted by atomic mass is 79.9. The van der Waals surface area contributed by atoms with E-state index in [0.717, 1.165) is 16.7 Å². The van der Waals surface area contributed by atoms with Crippen molar-refractivity contribution < 1.29 is 28.6 Å². The van der Waals surface area contributed by atoms with Crippen molar-refractivity contribution in [3.05, 3.63) is 27.1 Å². The van der Waals surface area contributed by atoms with E-state index in [1.54, 1.807) is 12.1 Å². The lowest BCUT2D eigenvalue weighted by Crippen LogP contribution is -2.42.